The Morgan fingerprint density at radius 1 is 1.13 bits per heavy atom. The number of aromatic nitrogens is 3. The standard InChI is InChI=1S/C31H39N7O/c1-36(2)17-9-18-37(3)28-21-29(39-4)25(20-22(28)10-7-15-32)35-31-33-16-14-24(34-31)30-23-11-5-6-12-26(23)38-19-8-13-27(30)38/h5-7,11-12,14-16,20-21H,8-10,13,17-19,32H2,1-4H3,(H,33,34,35). The fourth-order valence-corrected chi connectivity index (χ4v) is 5.58. The lowest BCUT2D eigenvalue weighted by Crippen LogP contribution is -2.24. The molecule has 39 heavy (non-hydrogen) atoms. The molecule has 0 unspecified atom stereocenters. The van der Waals surface area contributed by atoms with Crippen LogP contribution in [0.5, 0.6) is 5.75 Å². The van der Waals surface area contributed by atoms with Gasteiger partial charge in [0.25, 0.3) is 0 Å². The molecule has 0 fully saturated rings. The fraction of sp³-hybridized carbons (Fsp3) is 0.355. The zero-order valence-corrected chi connectivity index (χ0v) is 23.4. The molecule has 0 amide bonds. The lowest BCUT2D eigenvalue weighted by molar-refractivity contribution is 0.401. The molecule has 8 heteroatoms. The molecule has 3 heterocycles. The van der Waals surface area contributed by atoms with E-state index in [0.717, 1.165) is 67.3 Å². The summed E-state index contributed by atoms with van der Waals surface area (Å²) in [6.07, 6.45) is 9.40. The van der Waals surface area contributed by atoms with Gasteiger partial charge in [-0.05, 0) is 76.3 Å². The van der Waals surface area contributed by atoms with E-state index < -0.39 is 0 Å². The molecule has 0 radical (unpaired) electrons. The first kappa shape index (κ1) is 26.6. The van der Waals surface area contributed by atoms with Crippen LogP contribution in [-0.4, -0.2) is 60.8 Å². The molecule has 0 spiro atoms. The highest BCUT2D eigenvalue weighted by Gasteiger charge is 2.23. The van der Waals surface area contributed by atoms with Gasteiger partial charge >= 0.3 is 0 Å². The third kappa shape index (κ3) is 5.56. The number of ether oxygens (including phenoxy) is 1. The van der Waals surface area contributed by atoms with E-state index in [1.807, 2.05) is 18.3 Å². The van der Waals surface area contributed by atoms with Crippen molar-refractivity contribution in [3.8, 4) is 17.0 Å². The third-order valence-corrected chi connectivity index (χ3v) is 7.42. The monoisotopic (exact) mass is 525 g/mol. The summed E-state index contributed by atoms with van der Waals surface area (Å²) in [6.45, 7) is 3.03. The highest BCUT2D eigenvalue weighted by molar-refractivity contribution is 5.97. The van der Waals surface area contributed by atoms with Crippen LogP contribution < -0.4 is 20.7 Å². The number of hydrogen-bond donors (Lipinski definition) is 2. The molecule has 0 saturated heterocycles. The van der Waals surface area contributed by atoms with Crippen molar-refractivity contribution in [2.75, 3.05) is 51.6 Å². The third-order valence-electron chi connectivity index (χ3n) is 7.42. The Kier molecular flexibility index (Phi) is 8.02. The Labute approximate surface area is 231 Å². The Balaban J connectivity index is 1.48. The summed E-state index contributed by atoms with van der Waals surface area (Å²) >= 11 is 0. The van der Waals surface area contributed by atoms with Crippen LogP contribution in [0, 0.1) is 0 Å². The summed E-state index contributed by atoms with van der Waals surface area (Å²) in [5.41, 5.74) is 13.6. The average Bonchev–Trinajstić information content (AvgIpc) is 3.53. The molecule has 3 N–H and O–H groups in total. The van der Waals surface area contributed by atoms with Crippen molar-refractivity contribution in [2.24, 2.45) is 5.73 Å². The minimum absolute atomic E-state index is 0.542. The first-order chi connectivity index (χ1) is 19.0. The van der Waals surface area contributed by atoms with Crippen LogP contribution >= 0.6 is 0 Å². The lowest BCUT2D eigenvalue weighted by Gasteiger charge is -2.25. The van der Waals surface area contributed by atoms with Crippen molar-refractivity contribution in [1.29, 1.82) is 0 Å². The maximum Gasteiger partial charge on any atom is 0.227 e. The maximum atomic E-state index is 5.83. The van der Waals surface area contributed by atoms with E-state index in [0.29, 0.717) is 12.4 Å². The molecule has 204 valence electrons. The van der Waals surface area contributed by atoms with Gasteiger partial charge in [0.1, 0.15) is 5.75 Å². The summed E-state index contributed by atoms with van der Waals surface area (Å²) < 4.78 is 8.27. The van der Waals surface area contributed by atoms with Crippen molar-refractivity contribution >= 4 is 28.2 Å². The molecular formula is C31H39N7O. The van der Waals surface area contributed by atoms with Crippen LogP contribution in [0.4, 0.5) is 17.3 Å². The number of allylic oxidation sites excluding steroid dienone is 1. The smallest absolute Gasteiger partial charge is 0.227 e. The molecule has 5 rings (SSSR count). The predicted molar refractivity (Wildman–Crippen MR) is 161 cm³/mol. The first-order valence-electron chi connectivity index (χ1n) is 13.6. The largest absolute Gasteiger partial charge is 0.494 e. The van der Waals surface area contributed by atoms with E-state index in [1.165, 1.54) is 22.2 Å². The van der Waals surface area contributed by atoms with Gasteiger partial charge in [-0.3, -0.25) is 0 Å². The van der Waals surface area contributed by atoms with Gasteiger partial charge in [0.15, 0.2) is 0 Å². The lowest BCUT2D eigenvalue weighted by atomic mass is 10.1. The average molecular weight is 526 g/mol. The molecule has 1 aliphatic heterocycles. The highest BCUT2D eigenvalue weighted by Crippen LogP contribution is 2.39. The normalized spacial score (nSPS) is 12.9. The predicted octanol–water partition coefficient (Wildman–Crippen LogP) is 5.20. The SMILES string of the molecule is COc1cc(N(C)CCCN(C)C)c(CC=CN)cc1Nc1nccc(-c2c3n(c4ccccc24)CCC3)n1. The van der Waals surface area contributed by atoms with E-state index in [1.54, 1.807) is 13.3 Å². The summed E-state index contributed by atoms with van der Waals surface area (Å²) in [4.78, 5) is 14.0. The number of methoxy groups -OCH3 is 1. The van der Waals surface area contributed by atoms with Crippen molar-refractivity contribution in [3.05, 3.63) is 72.2 Å². The van der Waals surface area contributed by atoms with Gasteiger partial charge in [-0.2, -0.15) is 0 Å². The topological polar surface area (TPSA) is 84.5 Å². The molecule has 8 nitrogen and oxygen atoms in total. The fourth-order valence-electron chi connectivity index (χ4n) is 5.58. The molecule has 0 saturated carbocycles. The number of para-hydroxylation sites is 1. The second-order valence-electron chi connectivity index (χ2n) is 10.4. The number of fused-ring (bicyclic) bond motifs is 3. The minimum atomic E-state index is 0.542. The van der Waals surface area contributed by atoms with Gasteiger partial charge in [0, 0.05) is 60.2 Å². The zero-order valence-electron chi connectivity index (χ0n) is 23.4. The quantitative estimate of drug-likeness (QED) is 0.278. The summed E-state index contributed by atoms with van der Waals surface area (Å²) in [6, 6.07) is 14.8. The van der Waals surface area contributed by atoms with E-state index >= 15 is 0 Å². The number of benzene rings is 2. The maximum absolute atomic E-state index is 5.83. The van der Waals surface area contributed by atoms with E-state index in [9.17, 15) is 0 Å². The van der Waals surface area contributed by atoms with Crippen molar-refractivity contribution < 1.29 is 4.74 Å². The van der Waals surface area contributed by atoms with Crippen molar-refractivity contribution in [2.45, 2.75) is 32.2 Å². The summed E-state index contributed by atoms with van der Waals surface area (Å²) in [5, 5.41) is 4.69. The van der Waals surface area contributed by atoms with Crippen LogP contribution in [0.1, 0.15) is 24.1 Å². The molecule has 4 aromatic rings. The Morgan fingerprint density at radius 2 is 1.97 bits per heavy atom. The summed E-state index contributed by atoms with van der Waals surface area (Å²) in [7, 11) is 8.03. The van der Waals surface area contributed by atoms with Crippen LogP contribution in [-0.2, 0) is 19.4 Å². The number of aryl methyl sites for hydroxylation is 1. The minimum Gasteiger partial charge on any atom is -0.494 e. The van der Waals surface area contributed by atoms with Gasteiger partial charge in [-0.25, -0.2) is 9.97 Å². The number of nitrogens with zero attached hydrogens (tertiary/aromatic N) is 5. The van der Waals surface area contributed by atoms with Crippen LogP contribution in [0.2, 0.25) is 0 Å². The van der Waals surface area contributed by atoms with Gasteiger partial charge in [0.2, 0.25) is 5.95 Å². The van der Waals surface area contributed by atoms with Crippen molar-refractivity contribution in [1.82, 2.24) is 19.4 Å². The van der Waals surface area contributed by atoms with E-state index in [2.05, 4.69) is 82.2 Å². The van der Waals surface area contributed by atoms with Crippen molar-refractivity contribution in [3.63, 3.8) is 0 Å². The molecule has 0 bridgehead atoms. The Morgan fingerprint density at radius 3 is 2.77 bits per heavy atom. The van der Waals surface area contributed by atoms with Crippen LogP contribution in [0.15, 0.2) is 60.9 Å². The van der Waals surface area contributed by atoms with E-state index in [-0.39, 0.29) is 0 Å². The first-order valence-corrected chi connectivity index (χ1v) is 13.6. The van der Waals surface area contributed by atoms with Gasteiger partial charge in [-0.1, -0.05) is 24.3 Å². The van der Waals surface area contributed by atoms with Gasteiger partial charge < -0.3 is 30.2 Å². The molecule has 2 aromatic heterocycles. The zero-order chi connectivity index (χ0) is 27.4. The summed E-state index contributed by atoms with van der Waals surface area (Å²) in [5.74, 6) is 1.29. The number of nitrogens with one attached hydrogen (secondary N) is 1. The number of nitrogens with two attached hydrogens (primary N) is 1. The second-order valence-corrected chi connectivity index (χ2v) is 10.4. The molecular weight excluding hydrogens is 486 g/mol. The van der Waals surface area contributed by atoms with Crippen LogP contribution in [0.3, 0.4) is 0 Å². The molecule has 0 atom stereocenters. The molecule has 1 aliphatic rings. The van der Waals surface area contributed by atoms with Crippen LogP contribution in [0.25, 0.3) is 22.2 Å². The number of hydrogen-bond acceptors (Lipinski definition) is 7. The second kappa shape index (κ2) is 11.8. The molecule has 0 aliphatic carbocycles. The number of rotatable bonds is 11. The number of anilines is 3. The Bertz CT molecular complexity index is 1470. The molecule has 2 aromatic carbocycles. The van der Waals surface area contributed by atoms with Gasteiger partial charge in [-0.15, -0.1) is 0 Å². The van der Waals surface area contributed by atoms with E-state index in [4.69, 9.17) is 15.5 Å². The highest BCUT2D eigenvalue weighted by atomic mass is 16.5. The van der Waals surface area contributed by atoms with Gasteiger partial charge in [0.05, 0.1) is 18.5 Å². The Hall–Kier alpha value is -4.04.